The third kappa shape index (κ3) is 56.9. The molecule has 0 spiro atoms. The highest BCUT2D eigenvalue weighted by Crippen LogP contribution is 2.52. The van der Waals surface area contributed by atoms with E-state index >= 15 is 0 Å². The van der Waals surface area contributed by atoms with Crippen molar-refractivity contribution in [2.24, 2.45) is 0 Å². The molecule has 25 nitrogen and oxygen atoms in total. The van der Waals surface area contributed by atoms with Crippen LogP contribution >= 0.6 is 77.4 Å². The highest BCUT2D eigenvalue weighted by molar-refractivity contribution is 7.45. The highest BCUT2D eigenvalue weighted by atomic mass is 35.5. The molecule has 10 unspecified atom stereocenters. The van der Waals surface area contributed by atoms with Crippen LogP contribution in [0.4, 0.5) is 17.6 Å². The van der Waals surface area contributed by atoms with Gasteiger partial charge in [0.1, 0.15) is 97.8 Å². The molecule has 128 heavy (non-hydrogen) atoms. The van der Waals surface area contributed by atoms with Gasteiger partial charge in [0.15, 0.2) is 16.8 Å². The van der Waals surface area contributed by atoms with Crippen LogP contribution in [0.25, 0.3) is 24.2 Å². The van der Waals surface area contributed by atoms with Gasteiger partial charge in [-0.05, 0) is 192 Å². The minimum absolute atomic E-state index is 0.0279. The fourth-order valence-corrected chi connectivity index (χ4v) is 19.1. The van der Waals surface area contributed by atoms with Crippen LogP contribution in [0.1, 0.15) is 240 Å². The largest absolute Gasteiger partial charge is 0.365 e. The molecule has 20 atom stereocenters. The minimum Gasteiger partial charge on any atom is -0.365 e. The Bertz CT molecular complexity index is 2900. The molecule has 0 aliphatic rings. The molecular formula is C86H153B5Cl3F4N10O15P5. The maximum absolute atomic E-state index is 14.9. The van der Waals surface area contributed by atoms with E-state index in [1.54, 1.807) is 34.6 Å². The van der Waals surface area contributed by atoms with Crippen molar-refractivity contribution in [3.63, 3.8) is 0 Å². The number of ether oxygens (including phenoxy) is 5. The molecule has 0 aliphatic heterocycles. The van der Waals surface area contributed by atoms with E-state index in [1.807, 2.05) is 141 Å². The molecule has 726 valence electrons. The van der Waals surface area contributed by atoms with E-state index in [1.165, 1.54) is 13.8 Å². The maximum Gasteiger partial charge on any atom is 0.259 e. The van der Waals surface area contributed by atoms with Gasteiger partial charge in [-0.1, -0.05) is 52.4 Å². The van der Waals surface area contributed by atoms with Crippen LogP contribution in [0.3, 0.4) is 0 Å². The normalized spacial score (nSPS) is 17.8. The van der Waals surface area contributed by atoms with Crippen LogP contribution in [0.5, 0.6) is 0 Å². The lowest BCUT2D eigenvalue weighted by Crippen LogP contribution is -2.43. The summed E-state index contributed by atoms with van der Waals surface area (Å²) in [6.07, 6.45) is 15.8. The molecule has 0 aromatic heterocycles. The first kappa shape index (κ1) is 135. The van der Waals surface area contributed by atoms with E-state index in [9.17, 15) is 17.6 Å². The molecule has 0 heterocycles. The van der Waals surface area contributed by atoms with Crippen LogP contribution in [0.2, 0.25) is 0 Å². The van der Waals surface area contributed by atoms with Crippen molar-refractivity contribution < 1.29 is 86.5 Å². The molecule has 0 aliphatic carbocycles. The molecule has 42 heteroatoms. The van der Waals surface area contributed by atoms with Gasteiger partial charge in [-0.3, -0.25) is 0 Å². The monoisotopic (exact) mass is 1960 g/mol. The fourth-order valence-electron chi connectivity index (χ4n) is 10.7. The summed E-state index contributed by atoms with van der Waals surface area (Å²) < 4.78 is 153. The van der Waals surface area contributed by atoms with Gasteiger partial charge in [-0.2, -0.15) is 0 Å². The average Bonchev–Trinajstić information content (AvgIpc) is 0.851. The molecule has 0 saturated carbocycles. The molecule has 10 radical (unpaired) electrons. The second-order valence-corrected chi connectivity index (χ2v) is 41.6. The van der Waals surface area contributed by atoms with Gasteiger partial charge >= 0.3 is 0 Å². The Morgan fingerprint density at radius 3 is 0.594 bits per heavy atom. The van der Waals surface area contributed by atoms with E-state index in [0.29, 0.717) is 25.9 Å². The van der Waals surface area contributed by atoms with Crippen LogP contribution in [0.15, 0.2) is 0 Å². The summed E-state index contributed by atoms with van der Waals surface area (Å²) in [5.41, 5.74) is -3.25. The van der Waals surface area contributed by atoms with Crippen LogP contribution in [-0.2, 0) is 68.9 Å². The van der Waals surface area contributed by atoms with E-state index in [2.05, 4.69) is 83.7 Å². The zero-order chi connectivity index (χ0) is 100. The number of rotatable bonds is 65. The molecule has 0 amide bonds. The van der Waals surface area contributed by atoms with Crippen molar-refractivity contribution in [1.29, 1.82) is 0 Å². The molecule has 0 saturated heterocycles. The van der Waals surface area contributed by atoms with Crippen molar-refractivity contribution in [1.82, 2.24) is 23.4 Å². The van der Waals surface area contributed by atoms with Gasteiger partial charge < -0.3 is 93.1 Å². The predicted molar refractivity (Wildman–Crippen MR) is 526 cm³/mol. The summed E-state index contributed by atoms with van der Waals surface area (Å²) >= 11 is 17.7. The van der Waals surface area contributed by atoms with E-state index in [4.69, 9.17) is 195 Å². The van der Waals surface area contributed by atoms with Crippen molar-refractivity contribution in [2.45, 2.75) is 387 Å². The third-order valence-corrected chi connectivity index (χ3v) is 28.9. The van der Waals surface area contributed by atoms with E-state index < -0.39 is 124 Å². The number of hydrogen-bond donors (Lipinski definition) is 0. The number of halogens is 7. The number of nitrogens with zero attached hydrogens (tertiary/aromatic N) is 10. The lowest BCUT2D eigenvalue weighted by atomic mass is 9.93. The summed E-state index contributed by atoms with van der Waals surface area (Å²) in [7, 11) is 21.4. The second-order valence-electron chi connectivity index (χ2n) is 32.2. The Balaban J connectivity index is -0.000000493. The SMILES string of the molecule is [B]C(O[C@](C#C)(CC)COP(OCC[N+]#[C-])N(C(C)C)C(C)C)[C@@H](C)F.[B]C(O[C@](C#C)(CC)COP(OCC[N+]#[C-])N(C(C)C)C(C)C)[C@H](C)Cl.[B]C(O[C@](C#C)(CC)COP(OCC[N+]#[C-])N(C(C)C)C(C)C)[C@H](C)F.[B]C(O[C@](F)(CC)COP(OCC[N+]#[C-])N(C(C)C)C(C)C)[C@@H](C)Cl.[B]C(O[C@](F)(CC)COP(OCC[N+]#[C-])N(C(C)C)C(C)C)[C@H](C)Cl. The zero-order valence-electron chi connectivity index (χ0n) is 82.3. The van der Waals surface area contributed by atoms with E-state index in [0.717, 1.165) is 0 Å². The number of hydrogen-bond acceptors (Lipinski definition) is 20. The lowest BCUT2D eigenvalue weighted by Gasteiger charge is -2.38. The molecule has 0 aromatic carbocycles. The Labute approximate surface area is 801 Å². The summed E-state index contributed by atoms with van der Waals surface area (Å²) in [4.78, 5) is 16.5. The topological polar surface area (TPSA) is 176 Å². The Hall–Kier alpha value is -1.61. The van der Waals surface area contributed by atoms with Gasteiger partial charge in [-0.15, -0.1) is 54.1 Å². The van der Waals surface area contributed by atoms with Crippen LogP contribution < -0.4 is 0 Å². The van der Waals surface area contributed by atoms with Gasteiger partial charge in [-0.25, -0.2) is 73.8 Å². The second kappa shape index (κ2) is 74.5. The molecule has 0 bridgehead atoms. The summed E-state index contributed by atoms with van der Waals surface area (Å²) in [6.45, 7) is 93.9. The van der Waals surface area contributed by atoms with Crippen molar-refractivity contribution in [2.75, 3.05) is 98.8 Å². The first-order valence-corrected chi connectivity index (χ1v) is 50.6. The van der Waals surface area contributed by atoms with E-state index in [-0.39, 0.29) is 171 Å². The average molecular weight is 1960 g/mol. The first-order valence-electron chi connectivity index (χ1n) is 43.6. The molecule has 0 fully saturated rings. The maximum atomic E-state index is 14.9. The zero-order valence-corrected chi connectivity index (χ0v) is 89.0. The summed E-state index contributed by atoms with van der Waals surface area (Å²) in [5, 5.41) is -1.43. The minimum atomic E-state index is -2.05. The molecular weight excluding hydrogens is 1800 g/mol. The van der Waals surface area contributed by atoms with Gasteiger partial charge in [0.2, 0.25) is 44.4 Å². The van der Waals surface area contributed by atoms with Gasteiger partial charge in [0.25, 0.3) is 42.6 Å². The fraction of sp³-hybridized carbons (Fsp3) is 0.872. The standard InChI is InChI=1S/C18H31BClN2O3P.2C18H31BFN2O3P.2C16H30BClFN2O3P/c3*1-9-18(10-2,25-17(19)16(7)20)13-24-26(23-12-11-21-8)22(14(3)4)15(5)6;2*1-8-16(19,24-15(17)14(6)18)11-23-25(22-10-9-20-7)21(12(2)3)13(4)5/h3*1,14-17H,10-13H2,2-7H3;2*12-15H,8-11H2,1-6H3/t2*16-,17?,18+,26?;16-,17?,18-,26?;14-,15?,16+,25?;14-,15?,16-,25?/m00101/s1. The third-order valence-electron chi connectivity index (χ3n) is 17.9. The quantitative estimate of drug-likeness (QED) is 0.0107. The van der Waals surface area contributed by atoms with Crippen molar-refractivity contribution in [3.05, 3.63) is 57.1 Å². The van der Waals surface area contributed by atoms with Crippen LogP contribution in [0, 0.1) is 69.9 Å². The smallest absolute Gasteiger partial charge is 0.259 e. The molecule has 0 N–H and O–H groups in total. The highest BCUT2D eigenvalue weighted by Gasteiger charge is 2.42. The number of terminal acetylenes is 3. The predicted octanol–water partition coefficient (Wildman–Crippen LogP) is 21.1. The lowest BCUT2D eigenvalue weighted by molar-refractivity contribution is -0.179. The molecule has 0 aromatic rings. The summed E-state index contributed by atoms with van der Waals surface area (Å²) in [5.74, 6) is 3.70. The van der Waals surface area contributed by atoms with Gasteiger partial charge in [0, 0.05) is 119 Å². The Morgan fingerprint density at radius 1 is 0.297 bits per heavy atom. The first-order chi connectivity index (χ1) is 59.6. The molecule has 0 rings (SSSR count). The number of alkyl halides is 7. The summed E-state index contributed by atoms with van der Waals surface area (Å²) in [6, 6.07) is -3.16. The Kier molecular flexibility index (Phi) is 78.5. The van der Waals surface area contributed by atoms with Crippen molar-refractivity contribution >= 4 is 117 Å². The van der Waals surface area contributed by atoms with Crippen LogP contribution in [-0.4, -0.2) is 309 Å². The van der Waals surface area contributed by atoms with Gasteiger partial charge in [0.05, 0.1) is 19.8 Å². The Morgan fingerprint density at radius 2 is 0.461 bits per heavy atom. The van der Waals surface area contributed by atoms with Crippen molar-refractivity contribution in [3.8, 4) is 37.0 Å².